The summed E-state index contributed by atoms with van der Waals surface area (Å²) in [7, 11) is 3.12. The molecule has 0 spiro atoms. The molecule has 0 unspecified atom stereocenters. The van der Waals surface area contributed by atoms with E-state index in [1.165, 1.54) is 11.0 Å². The SMILES string of the molecule is ClC1=NSSC1. The van der Waals surface area contributed by atoms with E-state index in [4.69, 9.17) is 11.6 Å². The predicted octanol–water partition coefficient (Wildman–Crippen LogP) is 1.93. The minimum atomic E-state index is 0.727. The van der Waals surface area contributed by atoms with E-state index in [0.29, 0.717) is 0 Å². The van der Waals surface area contributed by atoms with Crippen LogP contribution in [0.15, 0.2) is 4.40 Å². The predicted molar refractivity (Wildman–Crippen MR) is 33.3 cm³/mol. The molecule has 0 aromatic heterocycles. The second-order valence-electron chi connectivity index (χ2n) is 0.804. The molecular formula is C2H2ClNS2. The molecule has 1 rings (SSSR count). The van der Waals surface area contributed by atoms with Gasteiger partial charge in [0.2, 0.25) is 0 Å². The van der Waals surface area contributed by atoms with Gasteiger partial charge in [-0.25, -0.2) is 0 Å². The van der Waals surface area contributed by atoms with Crippen LogP contribution in [0.25, 0.3) is 0 Å². The van der Waals surface area contributed by atoms with Crippen molar-refractivity contribution in [2.24, 2.45) is 4.40 Å². The van der Waals surface area contributed by atoms with Crippen LogP contribution < -0.4 is 0 Å². The quantitative estimate of drug-likeness (QED) is 0.376. The van der Waals surface area contributed by atoms with Crippen molar-refractivity contribution in [3.8, 4) is 0 Å². The van der Waals surface area contributed by atoms with Gasteiger partial charge in [0.15, 0.2) is 0 Å². The van der Waals surface area contributed by atoms with Crippen LogP contribution in [0, 0.1) is 0 Å². The summed E-state index contributed by atoms with van der Waals surface area (Å²) in [4.78, 5) is 0. The highest BCUT2D eigenvalue weighted by molar-refractivity contribution is 8.77. The maximum atomic E-state index is 5.42. The highest BCUT2D eigenvalue weighted by Gasteiger charge is 2.01. The van der Waals surface area contributed by atoms with Gasteiger partial charge in [-0.1, -0.05) is 22.4 Å². The minimum absolute atomic E-state index is 0.727. The van der Waals surface area contributed by atoms with Gasteiger partial charge in [0.1, 0.15) is 5.17 Å². The Morgan fingerprint density at radius 3 is 2.83 bits per heavy atom. The fourth-order valence-corrected chi connectivity index (χ4v) is 2.17. The third kappa shape index (κ3) is 1.06. The fourth-order valence-electron chi connectivity index (χ4n) is 0.168. The van der Waals surface area contributed by atoms with Crippen molar-refractivity contribution in [2.45, 2.75) is 0 Å². The van der Waals surface area contributed by atoms with E-state index in [2.05, 4.69) is 4.40 Å². The third-order valence-corrected chi connectivity index (χ3v) is 2.53. The van der Waals surface area contributed by atoms with Crippen LogP contribution in [0.1, 0.15) is 0 Å². The molecule has 0 fully saturated rings. The zero-order valence-electron chi connectivity index (χ0n) is 2.85. The van der Waals surface area contributed by atoms with Crippen molar-refractivity contribution in [1.82, 2.24) is 0 Å². The Labute approximate surface area is 49.1 Å². The Morgan fingerprint density at radius 2 is 2.67 bits per heavy atom. The third-order valence-electron chi connectivity index (χ3n) is 0.367. The average Bonchev–Trinajstić information content (AvgIpc) is 1.86. The lowest BCUT2D eigenvalue weighted by Crippen LogP contribution is -1.79. The van der Waals surface area contributed by atoms with E-state index >= 15 is 0 Å². The number of rotatable bonds is 0. The molecule has 0 aromatic carbocycles. The first-order chi connectivity index (χ1) is 2.89. The van der Waals surface area contributed by atoms with Crippen molar-refractivity contribution >= 4 is 38.5 Å². The van der Waals surface area contributed by atoms with Gasteiger partial charge in [-0.15, -0.1) is 0 Å². The molecule has 0 N–H and O–H groups in total. The smallest absolute Gasteiger partial charge is 0.126 e. The first-order valence-corrected chi connectivity index (χ1v) is 4.06. The highest BCUT2D eigenvalue weighted by atomic mass is 35.5. The van der Waals surface area contributed by atoms with Crippen LogP contribution in [0.3, 0.4) is 0 Å². The number of hydrogen-bond donors (Lipinski definition) is 0. The minimum Gasteiger partial charge on any atom is -0.196 e. The number of nitrogens with zero attached hydrogens (tertiary/aromatic N) is 1. The second kappa shape index (κ2) is 2.09. The van der Waals surface area contributed by atoms with E-state index in [1.807, 2.05) is 0 Å². The van der Waals surface area contributed by atoms with Gasteiger partial charge < -0.3 is 0 Å². The fraction of sp³-hybridized carbons (Fsp3) is 0.500. The topological polar surface area (TPSA) is 12.4 Å². The molecule has 0 saturated carbocycles. The standard InChI is InChI=1S/C2H2ClNS2/c3-2-1-5-6-4-2/h1H2. The first kappa shape index (κ1) is 4.81. The van der Waals surface area contributed by atoms with Crippen molar-refractivity contribution in [3.05, 3.63) is 0 Å². The van der Waals surface area contributed by atoms with Crippen LogP contribution in [0.5, 0.6) is 0 Å². The molecule has 0 saturated heterocycles. The van der Waals surface area contributed by atoms with Gasteiger partial charge in [0.05, 0.1) is 5.75 Å². The molecule has 0 aliphatic carbocycles. The zero-order valence-corrected chi connectivity index (χ0v) is 5.24. The number of halogens is 1. The van der Waals surface area contributed by atoms with Gasteiger partial charge in [0, 0.05) is 11.0 Å². The maximum absolute atomic E-state index is 5.42. The summed E-state index contributed by atoms with van der Waals surface area (Å²) >= 11 is 5.42. The summed E-state index contributed by atoms with van der Waals surface area (Å²) in [5.74, 6) is 0.881. The second-order valence-corrected chi connectivity index (χ2v) is 3.25. The van der Waals surface area contributed by atoms with Gasteiger partial charge in [-0.3, -0.25) is 0 Å². The van der Waals surface area contributed by atoms with E-state index in [0.717, 1.165) is 10.9 Å². The van der Waals surface area contributed by atoms with Crippen LogP contribution in [-0.4, -0.2) is 10.9 Å². The van der Waals surface area contributed by atoms with Gasteiger partial charge in [0.25, 0.3) is 0 Å². The van der Waals surface area contributed by atoms with Gasteiger partial charge in [-0.05, 0) is 0 Å². The molecule has 1 nitrogen and oxygen atoms in total. The summed E-state index contributed by atoms with van der Waals surface area (Å²) in [6.45, 7) is 0. The normalized spacial score (nSPS) is 21.2. The lowest BCUT2D eigenvalue weighted by atomic mass is 10.9. The van der Waals surface area contributed by atoms with Gasteiger partial charge >= 0.3 is 0 Å². The first-order valence-electron chi connectivity index (χ1n) is 1.40. The largest absolute Gasteiger partial charge is 0.196 e. The summed E-state index contributed by atoms with van der Waals surface area (Å²) in [6.07, 6.45) is 0. The molecular weight excluding hydrogens is 138 g/mol. The summed E-state index contributed by atoms with van der Waals surface area (Å²) in [5, 5.41) is 0.727. The summed E-state index contributed by atoms with van der Waals surface area (Å²) in [5.41, 5.74) is 0. The average molecular weight is 140 g/mol. The number of hydrogen-bond acceptors (Lipinski definition) is 3. The molecule has 0 atom stereocenters. The van der Waals surface area contributed by atoms with E-state index in [1.54, 1.807) is 10.8 Å². The molecule has 6 heavy (non-hydrogen) atoms. The Kier molecular flexibility index (Phi) is 1.68. The maximum Gasteiger partial charge on any atom is 0.126 e. The monoisotopic (exact) mass is 139 g/mol. The summed E-state index contributed by atoms with van der Waals surface area (Å²) in [6, 6.07) is 0. The Morgan fingerprint density at radius 1 is 1.83 bits per heavy atom. The lowest BCUT2D eigenvalue weighted by molar-refractivity contribution is 1.92. The molecule has 0 aromatic rings. The van der Waals surface area contributed by atoms with E-state index in [9.17, 15) is 0 Å². The summed E-state index contributed by atoms with van der Waals surface area (Å²) < 4.78 is 3.80. The van der Waals surface area contributed by atoms with E-state index < -0.39 is 0 Å². The van der Waals surface area contributed by atoms with E-state index in [-0.39, 0.29) is 0 Å². The van der Waals surface area contributed by atoms with Crippen LogP contribution in [-0.2, 0) is 0 Å². The van der Waals surface area contributed by atoms with Crippen LogP contribution in [0.2, 0.25) is 0 Å². The lowest BCUT2D eigenvalue weighted by Gasteiger charge is -1.70. The Bertz CT molecular complexity index is 81.6. The van der Waals surface area contributed by atoms with Crippen molar-refractivity contribution in [2.75, 3.05) is 5.75 Å². The molecule has 34 valence electrons. The zero-order chi connectivity index (χ0) is 4.41. The van der Waals surface area contributed by atoms with Crippen LogP contribution in [0.4, 0.5) is 0 Å². The molecule has 0 bridgehead atoms. The molecule has 1 aliphatic rings. The van der Waals surface area contributed by atoms with Crippen molar-refractivity contribution < 1.29 is 0 Å². The van der Waals surface area contributed by atoms with Crippen LogP contribution >= 0.6 is 33.4 Å². The van der Waals surface area contributed by atoms with Gasteiger partial charge in [-0.2, -0.15) is 4.40 Å². The molecule has 1 aliphatic heterocycles. The van der Waals surface area contributed by atoms with Crippen molar-refractivity contribution in [3.63, 3.8) is 0 Å². The molecule has 4 heteroatoms. The molecule has 0 amide bonds. The Balaban J connectivity index is 2.45. The Hall–Kier alpha value is 0.660. The highest BCUT2D eigenvalue weighted by Crippen LogP contribution is 2.29. The molecule has 0 radical (unpaired) electrons. The molecule has 1 heterocycles. The van der Waals surface area contributed by atoms with Crippen molar-refractivity contribution in [1.29, 1.82) is 0 Å².